The number of nitrogens with one attached hydrogen (secondary N) is 1. The fraction of sp³-hybridized carbons (Fsp3) is 0.467. The van der Waals surface area contributed by atoms with Gasteiger partial charge in [0.2, 0.25) is 5.91 Å². The van der Waals surface area contributed by atoms with Crippen LogP contribution in [0.1, 0.15) is 19.4 Å². The van der Waals surface area contributed by atoms with Crippen molar-refractivity contribution in [3.63, 3.8) is 0 Å². The number of carbonyl (C=O) groups is 2. The molecule has 0 aliphatic carbocycles. The zero-order valence-electron chi connectivity index (χ0n) is 12.8. The lowest BCUT2D eigenvalue weighted by Crippen LogP contribution is -2.48. The van der Waals surface area contributed by atoms with Crippen LogP contribution >= 0.6 is 0 Å². The van der Waals surface area contributed by atoms with Crippen molar-refractivity contribution < 1.29 is 19.4 Å². The molecule has 0 bridgehead atoms. The summed E-state index contributed by atoms with van der Waals surface area (Å²) in [5.41, 5.74) is 1.79. The molecule has 0 radical (unpaired) electrons. The van der Waals surface area contributed by atoms with Gasteiger partial charge in [-0.25, -0.2) is 4.79 Å². The predicted molar refractivity (Wildman–Crippen MR) is 80.4 cm³/mol. The third kappa shape index (κ3) is 4.66. The Morgan fingerprint density at radius 2 is 2.10 bits per heavy atom. The minimum atomic E-state index is -0.755. The molecule has 0 spiro atoms. The van der Waals surface area contributed by atoms with Crippen molar-refractivity contribution in [1.82, 2.24) is 5.32 Å². The van der Waals surface area contributed by atoms with E-state index in [4.69, 9.17) is 4.74 Å². The third-order valence-corrected chi connectivity index (χ3v) is 3.18. The largest absolute Gasteiger partial charge is 0.508 e. The second kappa shape index (κ2) is 7.52. The minimum absolute atomic E-state index is 0.156. The van der Waals surface area contributed by atoms with E-state index in [0.717, 1.165) is 11.3 Å². The summed E-state index contributed by atoms with van der Waals surface area (Å²) in [6, 6.07) is 4.30. The first-order chi connectivity index (χ1) is 9.88. The van der Waals surface area contributed by atoms with E-state index in [1.165, 1.54) is 14.0 Å². The molecule has 1 aromatic rings. The molecule has 21 heavy (non-hydrogen) atoms. The zero-order valence-corrected chi connectivity index (χ0v) is 12.8. The molecule has 0 fully saturated rings. The standard InChI is InChI=1S/C15H22N2O4/c1-5-17(14-8-12(19)7-6-10(14)2)9-13(15(20)21-4)16-11(3)18/h6-8,13,19H,5,9H2,1-4H3,(H,16,18). The van der Waals surface area contributed by atoms with Crippen LogP contribution in [0.3, 0.4) is 0 Å². The van der Waals surface area contributed by atoms with E-state index < -0.39 is 12.0 Å². The molecule has 6 nitrogen and oxygen atoms in total. The maximum atomic E-state index is 11.8. The molecule has 116 valence electrons. The lowest BCUT2D eigenvalue weighted by atomic mass is 10.1. The van der Waals surface area contributed by atoms with E-state index in [0.29, 0.717) is 6.54 Å². The third-order valence-electron chi connectivity index (χ3n) is 3.18. The number of ether oxygens (including phenoxy) is 1. The number of phenolic OH excluding ortho intramolecular Hbond substituents is 1. The molecule has 0 aromatic heterocycles. The number of esters is 1. The first kappa shape index (κ1) is 16.8. The van der Waals surface area contributed by atoms with Crippen molar-refractivity contribution in [2.75, 3.05) is 25.1 Å². The normalized spacial score (nSPS) is 11.6. The molecule has 0 saturated heterocycles. The second-order valence-electron chi connectivity index (χ2n) is 4.79. The van der Waals surface area contributed by atoms with E-state index >= 15 is 0 Å². The Balaban J connectivity index is 2.99. The number of likely N-dealkylation sites (N-methyl/N-ethyl adjacent to an activating group) is 1. The maximum absolute atomic E-state index is 11.8. The van der Waals surface area contributed by atoms with Crippen LogP contribution in [0.25, 0.3) is 0 Å². The predicted octanol–water partition coefficient (Wildman–Crippen LogP) is 1.20. The van der Waals surface area contributed by atoms with Gasteiger partial charge in [0.1, 0.15) is 11.8 Å². The first-order valence-corrected chi connectivity index (χ1v) is 6.78. The summed E-state index contributed by atoms with van der Waals surface area (Å²) in [4.78, 5) is 24.9. The highest BCUT2D eigenvalue weighted by molar-refractivity contribution is 5.83. The van der Waals surface area contributed by atoms with Gasteiger partial charge in [0, 0.05) is 31.8 Å². The summed E-state index contributed by atoms with van der Waals surface area (Å²) in [6.07, 6.45) is 0. The Morgan fingerprint density at radius 3 is 2.62 bits per heavy atom. The monoisotopic (exact) mass is 294 g/mol. The Bertz CT molecular complexity index is 516. The van der Waals surface area contributed by atoms with Crippen molar-refractivity contribution in [3.8, 4) is 5.75 Å². The second-order valence-corrected chi connectivity index (χ2v) is 4.79. The fourth-order valence-corrected chi connectivity index (χ4v) is 2.12. The molecule has 1 atom stereocenters. The van der Waals surface area contributed by atoms with Gasteiger partial charge >= 0.3 is 5.97 Å². The summed E-state index contributed by atoms with van der Waals surface area (Å²) in [5.74, 6) is -0.640. The van der Waals surface area contributed by atoms with Gasteiger partial charge in [-0.1, -0.05) is 6.07 Å². The van der Waals surface area contributed by atoms with Crippen LogP contribution < -0.4 is 10.2 Å². The first-order valence-electron chi connectivity index (χ1n) is 6.78. The van der Waals surface area contributed by atoms with Crippen LogP contribution in [0.2, 0.25) is 0 Å². The molecule has 1 aromatic carbocycles. The van der Waals surface area contributed by atoms with Gasteiger partial charge in [0.15, 0.2) is 0 Å². The van der Waals surface area contributed by atoms with Crippen LogP contribution in [0.4, 0.5) is 5.69 Å². The van der Waals surface area contributed by atoms with Gasteiger partial charge in [0.25, 0.3) is 0 Å². The number of benzene rings is 1. The molecule has 2 N–H and O–H groups in total. The number of hydrogen-bond donors (Lipinski definition) is 2. The highest BCUT2D eigenvalue weighted by Crippen LogP contribution is 2.25. The zero-order chi connectivity index (χ0) is 16.0. The van der Waals surface area contributed by atoms with Gasteiger partial charge < -0.3 is 20.1 Å². The molecule has 0 heterocycles. The van der Waals surface area contributed by atoms with E-state index in [1.807, 2.05) is 18.7 Å². The number of aromatic hydroxyl groups is 1. The highest BCUT2D eigenvalue weighted by atomic mass is 16.5. The van der Waals surface area contributed by atoms with Gasteiger partial charge in [-0.15, -0.1) is 0 Å². The molecular formula is C15H22N2O4. The summed E-state index contributed by atoms with van der Waals surface area (Å²) < 4.78 is 4.72. The highest BCUT2D eigenvalue weighted by Gasteiger charge is 2.23. The lowest BCUT2D eigenvalue weighted by molar-refractivity contribution is -0.144. The Kier molecular flexibility index (Phi) is 6.02. The minimum Gasteiger partial charge on any atom is -0.508 e. The molecular weight excluding hydrogens is 272 g/mol. The summed E-state index contributed by atoms with van der Waals surface area (Å²) in [6.45, 7) is 6.10. The number of nitrogens with zero attached hydrogens (tertiary/aromatic N) is 1. The van der Waals surface area contributed by atoms with Crippen LogP contribution in [0, 0.1) is 6.92 Å². The number of phenols is 1. The molecule has 1 amide bonds. The molecule has 6 heteroatoms. The van der Waals surface area contributed by atoms with E-state index in [9.17, 15) is 14.7 Å². The van der Waals surface area contributed by atoms with Gasteiger partial charge in [-0.3, -0.25) is 4.79 Å². The fourth-order valence-electron chi connectivity index (χ4n) is 2.12. The molecule has 0 saturated carbocycles. The van der Waals surface area contributed by atoms with Crippen LogP contribution in [-0.4, -0.2) is 43.2 Å². The maximum Gasteiger partial charge on any atom is 0.330 e. The van der Waals surface area contributed by atoms with Crippen molar-refractivity contribution in [2.45, 2.75) is 26.8 Å². The van der Waals surface area contributed by atoms with E-state index in [2.05, 4.69) is 5.32 Å². The number of rotatable bonds is 6. The van der Waals surface area contributed by atoms with Gasteiger partial charge in [-0.05, 0) is 25.5 Å². The van der Waals surface area contributed by atoms with Crippen molar-refractivity contribution in [3.05, 3.63) is 23.8 Å². The number of amides is 1. The molecule has 1 rings (SSSR count). The van der Waals surface area contributed by atoms with E-state index in [-0.39, 0.29) is 18.2 Å². The van der Waals surface area contributed by atoms with Crippen LogP contribution in [-0.2, 0) is 14.3 Å². The number of anilines is 1. The van der Waals surface area contributed by atoms with Gasteiger partial charge in [0.05, 0.1) is 7.11 Å². The van der Waals surface area contributed by atoms with Crippen LogP contribution in [0.5, 0.6) is 5.75 Å². The van der Waals surface area contributed by atoms with Gasteiger partial charge in [-0.2, -0.15) is 0 Å². The molecule has 1 unspecified atom stereocenters. The summed E-state index contributed by atoms with van der Waals surface area (Å²) in [5, 5.41) is 12.2. The van der Waals surface area contributed by atoms with Crippen LogP contribution in [0.15, 0.2) is 18.2 Å². The smallest absolute Gasteiger partial charge is 0.330 e. The number of methoxy groups -OCH3 is 1. The van der Waals surface area contributed by atoms with Crippen molar-refractivity contribution >= 4 is 17.6 Å². The van der Waals surface area contributed by atoms with E-state index in [1.54, 1.807) is 18.2 Å². The SMILES string of the molecule is CCN(CC(NC(C)=O)C(=O)OC)c1cc(O)ccc1C. The average Bonchev–Trinajstić information content (AvgIpc) is 2.45. The Hall–Kier alpha value is -2.24. The number of aryl methyl sites for hydroxylation is 1. The lowest BCUT2D eigenvalue weighted by Gasteiger charge is -2.28. The topological polar surface area (TPSA) is 78.9 Å². The molecule has 0 aliphatic rings. The number of hydrogen-bond acceptors (Lipinski definition) is 5. The number of carbonyl (C=O) groups excluding carboxylic acids is 2. The van der Waals surface area contributed by atoms with Crippen molar-refractivity contribution in [2.24, 2.45) is 0 Å². The quantitative estimate of drug-likeness (QED) is 0.771. The molecule has 0 aliphatic heterocycles. The average molecular weight is 294 g/mol. The summed E-state index contributed by atoms with van der Waals surface area (Å²) in [7, 11) is 1.28. The Morgan fingerprint density at radius 1 is 1.43 bits per heavy atom. The summed E-state index contributed by atoms with van der Waals surface area (Å²) >= 11 is 0. The van der Waals surface area contributed by atoms with Crippen molar-refractivity contribution in [1.29, 1.82) is 0 Å². The Labute approximate surface area is 124 Å².